The van der Waals surface area contributed by atoms with E-state index in [0.29, 0.717) is 33.9 Å². The lowest BCUT2D eigenvalue weighted by atomic mass is 9.85. The Bertz CT molecular complexity index is 2950. The molecule has 8 rings (SSSR count). The third kappa shape index (κ3) is 6.41. The predicted octanol–water partition coefficient (Wildman–Crippen LogP) is 4.04. The van der Waals surface area contributed by atoms with Crippen LogP contribution in [-0.2, 0) is 47.6 Å². The Morgan fingerprint density at radius 3 is 2.36 bits per heavy atom. The van der Waals surface area contributed by atoms with Crippen molar-refractivity contribution in [3.05, 3.63) is 123 Å². The molecule has 0 saturated heterocycles. The summed E-state index contributed by atoms with van der Waals surface area (Å²) >= 11 is 0. The maximum absolute atomic E-state index is 14.0. The fourth-order valence-electron chi connectivity index (χ4n) is 7.55. The third-order valence-corrected chi connectivity index (χ3v) is 10.3. The van der Waals surface area contributed by atoms with E-state index in [9.17, 15) is 49.5 Å². The minimum atomic E-state index is -2.20. The minimum absolute atomic E-state index is 0.0183. The van der Waals surface area contributed by atoms with Crippen LogP contribution in [0.4, 0.5) is 21.9 Å². The van der Waals surface area contributed by atoms with Gasteiger partial charge in [-0.15, -0.1) is 0 Å². The van der Waals surface area contributed by atoms with Crippen LogP contribution < -0.4 is 21.1 Å². The zero-order valence-corrected chi connectivity index (χ0v) is 31.3. The summed E-state index contributed by atoms with van der Waals surface area (Å²) in [7, 11) is 5.15. The largest absolute Gasteiger partial charge is 0.457 e. The van der Waals surface area contributed by atoms with Crippen LogP contribution in [0.3, 0.4) is 0 Å². The first-order chi connectivity index (χ1) is 29.1. The number of cyclic esters (lactones) is 1. The van der Waals surface area contributed by atoms with Crippen molar-refractivity contribution in [2.45, 2.75) is 45.1 Å². The van der Waals surface area contributed by atoms with Crippen LogP contribution in [0, 0.1) is 30.3 Å². The number of carbonyl (C=O) groups is 3. The highest BCUT2D eigenvalue weighted by molar-refractivity contribution is 6.55. The van der Waals surface area contributed by atoms with Gasteiger partial charge in [-0.3, -0.25) is 39.9 Å². The number of carbonyl (C=O) groups excluding carboxylic acids is 3. The maximum Gasteiger partial charge on any atom is 0.355 e. The molecular formula is C37H24BN7O16. The van der Waals surface area contributed by atoms with Gasteiger partial charge in [0.15, 0.2) is 5.75 Å². The number of aromatic nitrogens is 2. The number of fused-ring (bicyclic) bond motifs is 8. The van der Waals surface area contributed by atoms with E-state index >= 15 is 0 Å². The summed E-state index contributed by atoms with van der Waals surface area (Å²) in [6, 6.07) is 11.2. The molecule has 1 aliphatic carbocycles. The molecule has 0 amide bonds. The highest BCUT2D eigenvalue weighted by atomic mass is 17.3. The number of benzene rings is 3. The maximum atomic E-state index is 14.0. The molecule has 0 bridgehead atoms. The number of hydrogen-bond acceptors (Lipinski definition) is 19. The first kappa shape index (κ1) is 39.7. The SMILES string of the molecule is [B]C(=O)Oc1ccc2nc3c(cc2c1)Cn1c-3cc2c(c1=O)COC(=O)[C@@]2(CC)OC(=O)[C@H](C)O/N=C1/c2cc([N+](=O)[O-])cc(OON)c2-c2c1cc([N+](=O)[O-])cc2[N+](=O)[O-]. The van der Waals surface area contributed by atoms with E-state index in [0.717, 1.165) is 25.1 Å². The number of hydrogen-bond donors (Lipinski definition) is 1. The molecule has 3 aromatic carbocycles. The molecule has 23 nitrogen and oxygen atoms in total. The highest BCUT2D eigenvalue weighted by Gasteiger charge is 2.51. The first-order valence-electron chi connectivity index (χ1n) is 17.7. The van der Waals surface area contributed by atoms with Crippen LogP contribution in [0.15, 0.2) is 64.5 Å². The van der Waals surface area contributed by atoms with Crippen LogP contribution in [0.1, 0.15) is 48.1 Å². The van der Waals surface area contributed by atoms with E-state index in [1.54, 1.807) is 18.2 Å². The van der Waals surface area contributed by atoms with Crippen LogP contribution in [0.25, 0.3) is 33.4 Å². The molecule has 0 spiro atoms. The Hall–Kier alpha value is -8.12. The standard InChI is InChI=1S/C37H24BN7O16/c1-3-37(24-12-27-31-17(13-42(27)33(46)23(24)14-56-35(37)48)6-16-7-20(57-36(38)49)4-5-25(16)40-31)58-34(47)15(2)59-41-32-21-8-18(43(50)51)10-26(45(54)55)29(21)30-22(32)9-19(44(52)53)11-28(30)60-61-39/h4-12,15H,3,13-14,39H2,1-2H3/b41-32+/t15-,37-/m0/s1. The van der Waals surface area contributed by atoms with Crippen molar-refractivity contribution >= 4 is 59.3 Å². The number of nitrogens with two attached hydrogens (primary N) is 1. The molecule has 2 radical (unpaired) electrons. The second-order valence-corrected chi connectivity index (χ2v) is 13.7. The fourth-order valence-corrected chi connectivity index (χ4v) is 7.55. The molecule has 2 aromatic heterocycles. The zero-order chi connectivity index (χ0) is 43.7. The number of nitro groups is 3. The van der Waals surface area contributed by atoms with Crippen molar-refractivity contribution in [3.8, 4) is 34.0 Å². The van der Waals surface area contributed by atoms with Crippen molar-refractivity contribution in [1.29, 1.82) is 0 Å². The second-order valence-electron chi connectivity index (χ2n) is 13.7. The Labute approximate surface area is 339 Å². The molecule has 0 unspecified atom stereocenters. The Balaban J connectivity index is 1.17. The van der Waals surface area contributed by atoms with E-state index in [1.807, 2.05) is 0 Å². The average molecular weight is 833 g/mol. The number of nitrogens with zero attached hydrogens (tertiary/aromatic N) is 6. The van der Waals surface area contributed by atoms with Gasteiger partial charge in [0.2, 0.25) is 25.4 Å². The van der Waals surface area contributed by atoms with Crippen molar-refractivity contribution in [2.24, 2.45) is 11.1 Å². The molecule has 61 heavy (non-hydrogen) atoms. The summed E-state index contributed by atoms with van der Waals surface area (Å²) in [6.45, 7) is 2.29. The van der Waals surface area contributed by atoms with E-state index in [4.69, 9.17) is 42.7 Å². The van der Waals surface area contributed by atoms with E-state index in [2.05, 4.69) is 10.1 Å². The summed E-state index contributed by atoms with van der Waals surface area (Å²) in [4.78, 5) is 105. The van der Waals surface area contributed by atoms with Gasteiger partial charge in [-0.25, -0.2) is 14.6 Å². The number of pyridine rings is 2. The van der Waals surface area contributed by atoms with E-state index in [1.165, 1.54) is 23.6 Å². The van der Waals surface area contributed by atoms with Gasteiger partial charge in [-0.1, -0.05) is 17.1 Å². The summed E-state index contributed by atoms with van der Waals surface area (Å²) in [5.74, 6) is 1.51. The van der Waals surface area contributed by atoms with E-state index < -0.39 is 85.0 Å². The van der Waals surface area contributed by atoms with Crippen LogP contribution >= 0.6 is 0 Å². The first-order valence-corrected chi connectivity index (χ1v) is 17.7. The molecule has 4 heterocycles. The lowest BCUT2D eigenvalue weighted by Crippen LogP contribution is -2.48. The van der Waals surface area contributed by atoms with Gasteiger partial charge < -0.3 is 28.5 Å². The molecule has 3 aliphatic rings. The number of oxime groups is 1. The fraction of sp³-hybridized carbons (Fsp3) is 0.189. The summed E-state index contributed by atoms with van der Waals surface area (Å²) in [5.41, 5.74) is -4.74. The van der Waals surface area contributed by atoms with Gasteiger partial charge in [-0.05, 0) is 43.7 Å². The zero-order valence-electron chi connectivity index (χ0n) is 31.3. The number of ether oxygens (including phenoxy) is 3. The van der Waals surface area contributed by atoms with E-state index in [-0.39, 0.29) is 52.1 Å². The number of non-ortho nitro benzene ring substituents is 2. The molecule has 2 N–H and O–H groups in total. The Morgan fingerprint density at radius 1 is 1.00 bits per heavy atom. The molecule has 306 valence electrons. The average Bonchev–Trinajstić information content (AvgIpc) is 3.74. The van der Waals surface area contributed by atoms with Crippen molar-refractivity contribution < 1.29 is 58.1 Å². The van der Waals surface area contributed by atoms with Gasteiger partial charge in [0.1, 0.15) is 18.1 Å². The van der Waals surface area contributed by atoms with Gasteiger partial charge >= 0.3 is 11.9 Å². The number of esters is 2. The number of nitro benzene ring substituents is 3. The molecule has 2 aliphatic heterocycles. The van der Waals surface area contributed by atoms with Crippen molar-refractivity contribution in [3.63, 3.8) is 0 Å². The summed E-state index contributed by atoms with van der Waals surface area (Å²) in [5, 5.41) is 40.5. The van der Waals surface area contributed by atoms with Crippen molar-refractivity contribution in [1.82, 2.24) is 9.55 Å². The molecule has 0 fully saturated rings. The topological polar surface area (TPSA) is 309 Å². The lowest BCUT2D eigenvalue weighted by molar-refractivity contribution is -0.393. The molecule has 2 atom stereocenters. The van der Waals surface area contributed by atoms with Crippen LogP contribution in [-0.4, -0.2) is 61.8 Å². The molecule has 0 saturated carbocycles. The minimum Gasteiger partial charge on any atom is -0.457 e. The summed E-state index contributed by atoms with van der Waals surface area (Å²) < 4.78 is 17.7. The molecule has 5 aromatic rings. The lowest BCUT2D eigenvalue weighted by Gasteiger charge is -2.36. The van der Waals surface area contributed by atoms with Crippen LogP contribution in [0.2, 0.25) is 0 Å². The van der Waals surface area contributed by atoms with Gasteiger partial charge in [0, 0.05) is 45.3 Å². The van der Waals surface area contributed by atoms with Gasteiger partial charge in [0.25, 0.3) is 22.6 Å². The second kappa shape index (κ2) is 14.6. The normalized spacial score (nSPS) is 16.6. The number of rotatable bonds is 11. The monoisotopic (exact) mass is 833 g/mol. The smallest absolute Gasteiger partial charge is 0.355 e. The Kier molecular flexibility index (Phi) is 9.51. The Morgan fingerprint density at radius 2 is 1.70 bits per heavy atom. The molecule has 24 heteroatoms. The van der Waals surface area contributed by atoms with Gasteiger partial charge in [0.05, 0.1) is 61.5 Å². The predicted molar refractivity (Wildman–Crippen MR) is 204 cm³/mol. The van der Waals surface area contributed by atoms with Crippen molar-refractivity contribution in [2.75, 3.05) is 0 Å². The summed E-state index contributed by atoms with van der Waals surface area (Å²) in [6.07, 6.45) is -1.95. The quantitative estimate of drug-likeness (QED) is 0.0631. The third-order valence-electron chi connectivity index (χ3n) is 10.3. The highest BCUT2D eigenvalue weighted by Crippen LogP contribution is 2.50. The van der Waals surface area contributed by atoms with Crippen LogP contribution in [0.5, 0.6) is 11.5 Å². The van der Waals surface area contributed by atoms with Gasteiger partial charge in [-0.2, -0.15) is 5.90 Å². The molecular weight excluding hydrogens is 809 g/mol.